The van der Waals surface area contributed by atoms with Crippen LogP contribution < -0.4 is 5.73 Å². The molecule has 3 nitrogen and oxygen atoms in total. The molecule has 2 N–H and O–H groups in total. The van der Waals surface area contributed by atoms with Gasteiger partial charge in [-0.2, -0.15) is 0 Å². The van der Waals surface area contributed by atoms with Gasteiger partial charge >= 0.3 is 5.97 Å². The lowest BCUT2D eigenvalue weighted by atomic mass is 10.0. The Morgan fingerprint density at radius 2 is 2.31 bits per heavy atom. The molecule has 16 heavy (non-hydrogen) atoms. The maximum absolute atomic E-state index is 12.9. The number of ether oxygens (including phenoxy) is 1. The van der Waals surface area contributed by atoms with Crippen molar-refractivity contribution in [2.24, 2.45) is 5.73 Å². The number of hydrogen-bond donors (Lipinski definition) is 1. The molecule has 0 bridgehead atoms. The van der Waals surface area contributed by atoms with E-state index in [0.29, 0.717) is 13.0 Å². The first-order valence-electron chi connectivity index (χ1n) is 5.27. The molecule has 1 atom stereocenters. The number of halogens is 1. The van der Waals surface area contributed by atoms with Crippen LogP contribution in [-0.4, -0.2) is 18.6 Å². The van der Waals surface area contributed by atoms with E-state index in [2.05, 4.69) is 0 Å². The van der Waals surface area contributed by atoms with E-state index in [1.54, 1.807) is 19.1 Å². The van der Waals surface area contributed by atoms with Gasteiger partial charge in [-0.3, -0.25) is 4.79 Å². The van der Waals surface area contributed by atoms with Gasteiger partial charge in [0.25, 0.3) is 0 Å². The van der Waals surface area contributed by atoms with Crippen LogP contribution in [0.3, 0.4) is 0 Å². The van der Waals surface area contributed by atoms with Gasteiger partial charge in [-0.1, -0.05) is 12.1 Å². The van der Waals surface area contributed by atoms with Crippen molar-refractivity contribution in [3.63, 3.8) is 0 Å². The van der Waals surface area contributed by atoms with Crippen LogP contribution in [0.15, 0.2) is 24.3 Å². The third kappa shape index (κ3) is 4.40. The molecule has 0 aromatic heterocycles. The van der Waals surface area contributed by atoms with Crippen molar-refractivity contribution in [1.29, 1.82) is 0 Å². The van der Waals surface area contributed by atoms with Gasteiger partial charge in [-0.25, -0.2) is 4.39 Å². The van der Waals surface area contributed by atoms with Gasteiger partial charge in [0.05, 0.1) is 13.0 Å². The van der Waals surface area contributed by atoms with E-state index in [1.165, 1.54) is 12.1 Å². The van der Waals surface area contributed by atoms with Crippen LogP contribution in [0.2, 0.25) is 0 Å². The second-order valence-corrected chi connectivity index (χ2v) is 3.60. The van der Waals surface area contributed by atoms with Gasteiger partial charge in [0.1, 0.15) is 5.82 Å². The molecule has 1 aromatic carbocycles. The van der Waals surface area contributed by atoms with Crippen LogP contribution in [0.1, 0.15) is 18.9 Å². The number of hydrogen-bond acceptors (Lipinski definition) is 3. The molecule has 0 spiro atoms. The molecular weight excluding hydrogens is 209 g/mol. The second kappa shape index (κ2) is 6.23. The number of carbonyl (C=O) groups excluding carboxylic acids is 1. The molecule has 0 radical (unpaired) electrons. The molecule has 0 saturated carbocycles. The first-order chi connectivity index (χ1) is 7.61. The highest BCUT2D eigenvalue weighted by Crippen LogP contribution is 2.07. The van der Waals surface area contributed by atoms with Crippen LogP contribution in [0.5, 0.6) is 0 Å². The Labute approximate surface area is 94.4 Å². The van der Waals surface area contributed by atoms with E-state index >= 15 is 0 Å². The van der Waals surface area contributed by atoms with Gasteiger partial charge < -0.3 is 10.5 Å². The summed E-state index contributed by atoms with van der Waals surface area (Å²) in [5.41, 5.74) is 6.55. The lowest BCUT2D eigenvalue weighted by Gasteiger charge is -2.10. The van der Waals surface area contributed by atoms with Gasteiger partial charge in [0, 0.05) is 6.04 Å². The molecule has 0 fully saturated rings. The zero-order chi connectivity index (χ0) is 12.0. The first-order valence-corrected chi connectivity index (χ1v) is 5.27. The van der Waals surface area contributed by atoms with Crippen LogP contribution >= 0.6 is 0 Å². The molecule has 0 heterocycles. The topological polar surface area (TPSA) is 52.3 Å². The monoisotopic (exact) mass is 225 g/mol. The smallest absolute Gasteiger partial charge is 0.307 e. The zero-order valence-corrected chi connectivity index (χ0v) is 9.28. The summed E-state index contributed by atoms with van der Waals surface area (Å²) in [6.45, 7) is 2.10. The number of rotatable bonds is 5. The number of benzene rings is 1. The third-order valence-corrected chi connectivity index (χ3v) is 2.12. The van der Waals surface area contributed by atoms with Gasteiger partial charge in [0.15, 0.2) is 0 Å². The van der Waals surface area contributed by atoms with Crippen LogP contribution in [0, 0.1) is 5.82 Å². The lowest BCUT2D eigenvalue weighted by molar-refractivity contribution is -0.143. The van der Waals surface area contributed by atoms with E-state index in [9.17, 15) is 9.18 Å². The minimum atomic E-state index is -0.333. The second-order valence-electron chi connectivity index (χ2n) is 3.60. The average Bonchev–Trinajstić information content (AvgIpc) is 2.17. The van der Waals surface area contributed by atoms with Crippen molar-refractivity contribution in [2.75, 3.05) is 6.61 Å². The highest BCUT2D eigenvalue weighted by Gasteiger charge is 2.11. The van der Waals surface area contributed by atoms with Crippen LogP contribution in [0.25, 0.3) is 0 Å². The summed E-state index contributed by atoms with van der Waals surface area (Å²) in [4.78, 5) is 11.1. The molecule has 0 saturated heterocycles. The van der Waals surface area contributed by atoms with Gasteiger partial charge in [-0.05, 0) is 31.0 Å². The van der Waals surface area contributed by atoms with Crippen molar-refractivity contribution in [3.8, 4) is 0 Å². The Balaban J connectivity index is 2.45. The standard InChI is InChI=1S/C12H16FNO2/c1-2-16-12(15)8-11(14)7-9-4-3-5-10(13)6-9/h3-6,11H,2,7-8,14H2,1H3/t11-/m0/s1. The van der Waals surface area contributed by atoms with Crippen molar-refractivity contribution in [2.45, 2.75) is 25.8 Å². The normalized spacial score (nSPS) is 12.2. The fourth-order valence-electron chi connectivity index (χ4n) is 1.47. The molecule has 0 unspecified atom stereocenters. The van der Waals surface area contributed by atoms with Crippen molar-refractivity contribution >= 4 is 5.97 Å². The molecule has 0 aliphatic heterocycles. The summed E-state index contributed by atoms with van der Waals surface area (Å²) >= 11 is 0. The minimum Gasteiger partial charge on any atom is -0.466 e. The lowest BCUT2D eigenvalue weighted by Crippen LogP contribution is -2.27. The predicted molar refractivity (Wildman–Crippen MR) is 59.3 cm³/mol. The fourth-order valence-corrected chi connectivity index (χ4v) is 1.47. The van der Waals surface area contributed by atoms with Crippen LogP contribution in [-0.2, 0) is 16.0 Å². The summed E-state index contributed by atoms with van der Waals surface area (Å²) in [6.07, 6.45) is 0.626. The van der Waals surface area contributed by atoms with Crippen LogP contribution in [0.4, 0.5) is 4.39 Å². The molecule has 1 aromatic rings. The van der Waals surface area contributed by atoms with E-state index in [4.69, 9.17) is 10.5 Å². The fraction of sp³-hybridized carbons (Fsp3) is 0.417. The Morgan fingerprint density at radius 3 is 2.94 bits per heavy atom. The predicted octanol–water partition coefficient (Wildman–Crippen LogP) is 1.65. The largest absolute Gasteiger partial charge is 0.466 e. The first kappa shape index (κ1) is 12.6. The number of carbonyl (C=O) groups is 1. The van der Waals surface area contributed by atoms with Gasteiger partial charge in [-0.15, -0.1) is 0 Å². The molecule has 88 valence electrons. The molecule has 1 rings (SSSR count). The summed E-state index contributed by atoms with van der Waals surface area (Å²) in [5, 5.41) is 0. The number of esters is 1. The zero-order valence-electron chi connectivity index (χ0n) is 9.28. The summed E-state index contributed by atoms with van der Waals surface area (Å²) in [7, 11) is 0. The number of nitrogens with two attached hydrogens (primary N) is 1. The van der Waals surface area contributed by atoms with E-state index in [1.807, 2.05) is 0 Å². The Bertz CT molecular complexity index is 355. The SMILES string of the molecule is CCOC(=O)C[C@@H](N)Cc1cccc(F)c1. The molecule has 4 heteroatoms. The Kier molecular flexibility index (Phi) is 4.92. The highest BCUT2D eigenvalue weighted by atomic mass is 19.1. The quantitative estimate of drug-likeness (QED) is 0.775. The summed E-state index contributed by atoms with van der Waals surface area (Å²) in [5.74, 6) is -0.604. The van der Waals surface area contributed by atoms with Crippen molar-refractivity contribution < 1.29 is 13.9 Å². The molecule has 0 amide bonds. The molecular formula is C12H16FNO2. The Hall–Kier alpha value is -1.42. The third-order valence-electron chi connectivity index (χ3n) is 2.12. The van der Waals surface area contributed by atoms with Crippen molar-refractivity contribution in [1.82, 2.24) is 0 Å². The Morgan fingerprint density at radius 1 is 1.56 bits per heavy atom. The van der Waals surface area contributed by atoms with Gasteiger partial charge in [0.2, 0.25) is 0 Å². The van der Waals surface area contributed by atoms with E-state index in [0.717, 1.165) is 5.56 Å². The maximum Gasteiger partial charge on any atom is 0.307 e. The maximum atomic E-state index is 12.9. The van der Waals surface area contributed by atoms with E-state index < -0.39 is 0 Å². The molecule has 0 aliphatic rings. The average molecular weight is 225 g/mol. The van der Waals surface area contributed by atoms with Crippen molar-refractivity contribution in [3.05, 3.63) is 35.6 Å². The molecule has 0 aliphatic carbocycles. The summed E-state index contributed by atoms with van der Waals surface area (Å²) in [6, 6.07) is 5.88. The summed E-state index contributed by atoms with van der Waals surface area (Å²) < 4.78 is 17.6. The minimum absolute atomic E-state index is 0.157. The van der Waals surface area contributed by atoms with E-state index in [-0.39, 0.29) is 24.2 Å². The highest BCUT2D eigenvalue weighted by molar-refractivity contribution is 5.70.